The van der Waals surface area contributed by atoms with Crippen LogP contribution in [0.25, 0.3) is 0 Å². The number of amides is 1. The van der Waals surface area contributed by atoms with Crippen molar-refractivity contribution in [2.45, 2.75) is 0 Å². The molecule has 6 heteroatoms. The summed E-state index contributed by atoms with van der Waals surface area (Å²) < 4.78 is 19.3. The van der Waals surface area contributed by atoms with Gasteiger partial charge in [-0.2, -0.15) is 0 Å². The highest BCUT2D eigenvalue weighted by atomic mass is 79.9. The average molecular weight is 339 g/mol. The van der Waals surface area contributed by atoms with Crippen molar-refractivity contribution in [2.75, 3.05) is 17.7 Å². The molecule has 0 heterocycles. The molecule has 0 atom stereocenters. The summed E-state index contributed by atoms with van der Waals surface area (Å²) >= 11 is 3.30. The minimum Gasteiger partial charge on any atom is -0.484 e. The molecule has 4 nitrogen and oxygen atoms in total. The number of halogens is 2. The Kier molecular flexibility index (Phi) is 4.57. The van der Waals surface area contributed by atoms with Crippen LogP contribution in [0, 0.1) is 5.82 Å². The molecule has 0 unspecified atom stereocenters. The van der Waals surface area contributed by atoms with Crippen molar-refractivity contribution in [1.29, 1.82) is 0 Å². The van der Waals surface area contributed by atoms with Gasteiger partial charge in [0.25, 0.3) is 5.91 Å². The third-order valence-electron chi connectivity index (χ3n) is 2.47. The van der Waals surface area contributed by atoms with E-state index in [4.69, 9.17) is 10.5 Å². The molecule has 0 radical (unpaired) electrons. The van der Waals surface area contributed by atoms with Gasteiger partial charge < -0.3 is 15.8 Å². The molecule has 0 aliphatic carbocycles. The van der Waals surface area contributed by atoms with Crippen LogP contribution in [-0.4, -0.2) is 12.5 Å². The van der Waals surface area contributed by atoms with Crippen molar-refractivity contribution in [3.8, 4) is 5.75 Å². The van der Waals surface area contributed by atoms with Crippen LogP contribution in [-0.2, 0) is 4.79 Å². The minimum atomic E-state index is -0.469. The van der Waals surface area contributed by atoms with Crippen LogP contribution in [0.5, 0.6) is 5.75 Å². The lowest BCUT2D eigenvalue weighted by molar-refractivity contribution is -0.118. The Labute approximate surface area is 123 Å². The summed E-state index contributed by atoms with van der Waals surface area (Å²) in [4.78, 5) is 11.7. The molecule has 0 aliphatic rings. The van der Waals surface area contributed by atoms with E-state index in [1.807, 2.05) is 0 Å². The van der Waals surface area contributed by atoms with Gasteiger partial charge in [0.1, 0.15) is 11.6 Å². The third-order valence-corrected chi connectivity index (χ3v) is 3.00. The third kappa shape index (κ3) is 3.96. The highest BCUT2D eigenvalue weighted by Gasteiger charge is 2.07. The van der Waals surface area contributed by atoms with Gasteiger partial charge in [-0.1, -0.05) is 15.9 Å². The molecular formula is C14H12BrFN2O2. The number of anilines is 2. The first-order chi connectivity index (χ1) is 9.54. The monoisotopic (exact) mass is 338 g/mol. The summed E-state index contributed by atoms with van der Waals surface area (Å²) in [5.41, 5.74) is 6.16. The van der Waals surface area contributed by atoms with Gasteiger partial charge in [-0.05, 0) is 42.5 Å². The number of carbonyl (C=O) groups is 1. The standard InChI is InChI=1S/C14H12BrFN2O2/c15-9-1-4-11(5-2-9)20-8-14(19)18-13-7-10(16)3-6-12(13)17/h1-7H,8,17H2,(H,18,19). The number of carbonyl (C=O) groups excluding carboxylic acids is 1. The zero-order valence-corrected chi connectivity index (χ0v) is 12.0. The SMILES string of the molecule is Nc1ccc(F)cc1NC(=O)COc1ccc(Br)cc1. The van der Waals surface area contributed by atoms with Crippen LogP contribution < -0.4 is 15.8 Å². The zero-order chi connectivity index (χ0) is 14.5. The topological polar surface area (TPSA) is 64.3 Å². The van der Waals surface area contributed by atoms with E-state index in [1.165, 1.54) is 12.1 Å². The lowest BCUT2D eigenvalue weighted by Crippen LogP contribution is -2.20. The number of hydrogen-bond acceptors (Lipinski definition) is 3. The number of hydrogen-bond donors (Lipinski definition) is 2. The highest BCUT2D eigenvalue weighted by Crippen LogP contribution is 2.19. The zero-order valence-electron chi connectivity index (χ0n) is 10.4. The van der Waals surface area contributed by atoms with E-state index in [0.717, 1.165) is 10.5 Å². The smallest absolute Gasteiger partial charge is 0.262 e. The first-order valence-electron chi connectivity index (χ1n) is 5.78. The van der Waals surface area contributed by atoms with Crippen LogP contribution in [0.3, 0.4) is 0 Å². The van der Waals surface area contributed by atoms with Crippen LogP contribution in [0.2, 0.25) is 0 Å². The van der Waals surface area contributed by atoms with Crippen LogP contribution in [0.15, 0.2) is 46.9 Å². The first kappa shape index (κ1) is 14.3. The fraction of sp³-hybridized carbons (Fsp3) is 0.0714. The van der Waals surface area contributed by atoms with E-state index >= 15 is 0 Å². The van der Waals surface area contributed by atoms with Gasteiger partial charge >= 0.3 is 0 Å². The van der Waals surface area contributed by atoms with Crippen molar-refractivity contribution in [2.24, 2.45) is 0 Å². The second-order valence-corrected chi connectivity index (χ2v) is 4.94. The molecule has 104 valence electrons. The molecule has 2 rings (SSSR count). The summed E-state index contributed by atoms with van der Waals surface area (Å²) in [6.07, 6.45) is 0. The summed E-state index contributed by atoms with van der Waals surface area (Å²) in [6.45, 7) is -0.183. The lowest BCUT2D eigenvalue weighted by Gasteiger charge is -2.09. The average Bonchev–Trinajstić information content (AvgIpc) is 2.42. The Hall–Kier alpha value is -2.08. The number of nitrogens with two attached hydrogens (primary N) is 1. The fourth-order valence-corrected chi connectivity index (χ4v) is 1.77. The van der Waals surface area contributed by atoms with E-state index in [1.54, 1.807) is 24.3 Å². The molecule has 2 aromatic carbocycles. The van der Waals surface area contributed by atoms with Gasteiger partial charge in [-0.3, -0.25) is 4.79 Å². The predicted molar refractivity (Wildman–Crippen MR) is 79.1 cm³/mol. The van der Waals surface area contributed by atoms with Crippen LogP contribution in [0.4, 0.5) is 15.8 Å². The maximum atomic E-state index is 13.0. The lowest BCUT2D eigenvalue weighted by atomic mass is 10.2. The molecule has 0 aliphatic heterocycles. The quantitative estimate of drug-likeness (QED) is 0.841. The Bertz CT molecular complexity index is 617. The Balaban J connectivity index is 1.92. The van der Waals surface area contributed by atoms with Crippen molar-refractivity contribution >= 4 is 33.2 Å². The number of benzene rings is 2. The molecule has 20 heavy (non-hydrogen) atoms. The van der Waals surface area contributed by atoms with Crippen molar-refractivity contribution < 1.29 is 13.9 Å². The second-order valence-electron chi connectivity index (χ2n) is 4.02. The van der Waals surface area contributed by atoms with E-state index in [0.29, 0.717) is 11.4 Å². The Morgan fingerprint density at radius 1 is 1.25 bits per heavy atom. The minimum absolute atomic E-state index is 0.183. The van der Waals surface area contributed by atoms with Gasteiger partial charge in [0.15, 0.2) is 6.61 Å². The predicted octanol–water partition coefficient (Wildman–Crippen LogP) is 3.19. The summed E-state index contributed by atoms with van der Waals surface area (Å²) in [5, 5.41) is 2.49. The number of nitrogen functional groups attached to an aromatic ring is 1. The van der Waals surface area contributed by atoms with Gasteiger partial charge in [0.05, 0.1) is 11.4 Å². The number of rotatable bonds is 4. The summed E-state index contributed by atoms with van der Waals surface area (Å²) in [7, 11) is 0. The summed E-state index contributed by atoms with van der Waals surface area (Å²) in [5.74, 6) is -0.316. The van der Waals surface area contributed by atoms with Crippen LogP contribution in [0.1, 0.15) is 0 Å². The fourth-order valence-electron chi connectivity index (χ4n) is 1.50. The molecule has 0 spiro atoms. The maximum Gasteiger partial charge on any atom is 0.262 e. The van der Waals surface area contributed by atoms with Gasteiger partial charge in [-0.15, -0.1) is 0 Å². The highest BCUT2D eigenvalue weighted by molar-refractivity contribution is 9.10. The second kappa shape index (κ2) is 6.38. The molecule has 0 aromatic heterocycles. The molecule has 0 saturated carbocycles. The number of nitrogens with one attached hydrogen (secondary N) is 1. The van der Waals surface area contributed by atoms with Gasteiger partial charge in [0.2, 0.25) is 0 Å². The van der Waals surface area contributed by atoms with E-state index < -0.39 is 11.7 Å². The van der Waals surface area contributed by atoms with Crippen LogP contribution >= 0.6 is 15.9 Å². The molecule has 0 fully saturated rings. The number of ether oxygens (including phenoxy) is 1. The van der Waals surface area contributed by atoms with Gasteiger partial charge in [-0.25, -0.2) is 4.39 Å². The molecular weight excluding hydrogens is 327 g/mol. The van der Waals surface area contributed by atoms with Gasteiger partial charge in [0, 0.05) is 4.47 Å². The van der Waals surface area contributed by atoms with Crippen molar-refractivity contribution in [3.63, 3.8) is 0 Å². The maximum absolute atomic E-state index is 13.0. The summed E-state index contributed by atoms with van der Waals surface area (Å²) in [6, 6.07) is 10.8. The van der Waals surface area contributed by atoms with Crippen molar-refractivity contribution in [1.82, 2.24) is 0 Å². The Morgan fingerprint density at radius 2 is 1.95 bits per heavy atom. The van der Waals surface area contributed by atoms with Crippen molar-refractivity contribution in [3.05, 3.63) is 52.8 Å². The Morgan fingerprint density at radius 3 is 2.65 bits per heavy atom. The van der Waals surface area contributed by atoms with E-state index in [2.05, 4.69) is 21.2 Å². The molecule has 0 bridgehead atoms. The molecule has 2 aromatic rings. The van der Waals surface area contributed by atoms with E-state index in [-0.39, 0.29) is 12.3 Å². The first-order valence-corrected chi connectivity index (χ1v) is 6.57. The normalized spacial score (nSPS) is 10.1. The largest absolute Gasteiger partial charge is 0.484 e. The molecule has 3 N–H and O–H groups in total. The molecule has 0 saturated heterocycles. The van der Waals surface area contributed by atoms with E-state index in [9.17, 15) is 9.18 Å². The molecule has 1 amide bonds.